The molecule has 3 rings (SSSR count). The van der Waals surface area contributed by atoms with E-state index in [1.165, 1.54) is 18.7 Å². The number of anilines is 2. The zero-order chi connectivity index (χ0) is 16.2. The Morgan fingerprint density at radius 2 is 1.91 bits per heavy atom. The minimum Gasteiger partial charge on any atom is -0.399 e. The van der Waals surface area contributed by atoms with Crippen molar-refractivity contribution >= 4 is 11.4 Å². The van der Waals surface area contributed by atoms with E-state index in [0.717, 1.165) is 31.9 Å². The van der Waals surface area contributed by atoms with Crippen molar-refractivity contribution in [1.82, 2.24) is 9.47 Å². The molecule has 0 radical (unpaired) electrons. The van der Waals surface area contributed by atoms with Crippen LogP contribution >= 0.6 is 0 Å². The van der Waals surface area contributed by atoms with Crippen LogP contribution in [0.3, 0.4) is 0 Å². The van der Waals surface area contributed by atoms with Gasteiger partial charge in [-0.15, -0.1) is 0 Å². The van der Waals surface area contributed by atoms with E-state index in [1.54, 1.807) is 0 Å². The number of rotatable bonds is 4. The van der Waals surface area contributed by atoms with Crippen LogP contribution in [-0.2, 0) is 13.6 Å². The minimum absolute atomic E-state index is 0.550. The molecule has 1 aliphatic heterocycles. The number of nitrogens with zero attached hydrogens (tertiary/aromatic N) is 4. The molecule has 1 aromatic heterocycles. The Bertz CT molecular complexity index is 619. The summed E-state index contributed by atoms with van der Waals surface area (Å²) in [4.78, 5) is 5.08. The number of aromatic nitrogens is 2. The lowest BCUT2D eigenvalue weighted by Crippen LogP contribution is -2.39. The molecule has 1 saturated heterocycles. The molecule has 5 nitrogen and oxygen atoms in total. The molecule has 23 heavy (non-hydrogen) atoms. The van der Waals surface area contributed by atoms with Gasteiger partial charge in [0.25, 0.3) is 0 Å². The monoisotopic (exact) mass is 314 g/mol. The SMILES string of the molecule is CC(Cn1cc[n+](C)c1)N1CCCN(c2ccc(N)cc2)CC1. The predicted molar refractivity (Wildman–Crippen MR) is 94.3 cm³/mol. The molecule has 0 spiro atoms. The fraction of sp³-hybridized carbons (Fsp3) is 0.500. The highest BCUT2D eigenvalue weighted by molar-refractivity contribution is 5.53. The molecule has 0 saturated carbocycles. The Balaban J connectivity index is 1.58. The van der Waals surface area contributed by atoms with Gasteiger partial charge in [-0.1, -0.05) is 0 Å². The van der Waals surface area contributed by atoms with Gasteiger partial charge in [-0.2, -0.15) is 0 Å². The Kier molecular flexibility index (Phi) is 4.86. The number of nitrogen functional groups attached to an aromatic ring is 1. The molecule has 124 valence electrons. The maximum atomic E-state index is 5.79. The van der Waals surface area contributed by atoms with Gasteiger partial charge in [0.15, 0.2) is 0 Å². The van der Waals surface area contributed by atoms with Crippen LogP contribution in [0.2, 0.25) is 0 Å². The molecule has 0 bridgehead atoms. The van der Waals surface area contributed by atoms with Crippen LogP contribution in [0.4, 0.5) is 11.4 Å². The molecule has 5 heteroatoms. The quantitative estimate of drug-likeness (QED) is 0.687. The van der Waals surface area contributed by atoms with Gasteiger partial charge < -0.3 is 10.6 Å². The van der Waals surface area contributed by atoms with E-state index in [-0.39, 0.29) is 0 Å². The summed E-state index contributed by atoms with van der Waals surface area (Å²) in [6.45, 7) is 7.85. The van der Waals surface area contributed by atoms with E-state index in [0.29, 0.717) is 6.04 Å². The third-order valence-corrected chi connectivity index (χ3v) is 4.71. The van der Waals surface area contributed by atoms with E-state index in [9.17, 15) is 0 Å². The van der Waals surface area contributed by atoms with E-state index >= 15 is 0 Å². The molecular formula is C18H28N5+. The van der Waals surface area contributed by atoms with Crippen molar-refractivity contribution in [2.75, 3.05) is 36.8 Å². The van der Waals surface area contributed by atoms with Crippen molar-refractivity contribution in [3.63, 3.8) is 0 Å². The molecule has 0 aliphatic carbocycles. The van der Waals surface area contributed by atoms with Crippen LogP contribution in [0.1, 0.15) is 13.3 Å². The lowest BCUT2D eigenvalue weighted by molar-refractivity contribution is -0.671. The maximum absolute atomic E-state index is 5.79. The van der Waals surface area contributed by atoms with Crippen molar-refractivity contribution in [1.29, 1.82) is 0 Å². The van der Waals surface area contributed by atoms with Crippen LogP contribution < -0.4 is 15.2 Å². The van der Waals surface area contributed by atoms with Crippen LogP contribution in [0, 0.1) is 0 Å². The molecule has 1 aromatic carbocycles. The summed E-state index contributed by atoms with van der Waals surface area (Å²) in [5.74, 6) is 0. The Hall–Kier alpha value is -2.01. The second-order valence-corrected chi connectivity index (χ2v) is 6.59. The van der Waals surface area contributed by atoms with Crippen molar-refractivity contribution in [3.05, 3.63) is 43.0 Å². The summed E-state index contributed by atoms with van der Waals surface area (Å²) >= 11 is 0. The van der Waals surface area contributed by atoms with Crippen LogP contribution in [0.15, 0.2) is 43.0 Å². The number of aryl methyl sites for hydroxylation is 1. The first-order valence-electron chi connectivity index (χ1n) is 8.47. The van der Waals surface area contributed by atoms with Crippen molar-refractivity contribution in [2.45, 2.75) is 25.9 Å². The highest BCUT2D eigenvalue weighted by Gasteiger charge is 2.21. The predicted octanol–water partition coefficient (Wildman–Crippen LogP) is 1.50. The first-order chi connectivity index (χ1) is 11.1. The van der Waals surface area contributed by atoms with Gasteiger partial charge in [0.05, 0.1) is 7.05 Å². The minimum atomic E-state index is 0.550. The van der Waals surface area contributed by atoms with E-state index in [4.69, 9.17) is 5.73 Å². The molecule has 2 N–H and O–H groups in total. The summed E-state index contributed by atoms with van der Waals surface area (Å²) in [5, 5.41) is 0. The lowest BCUT2D eigenvalue weighted by Gasteiger charge is -2.27. The van der Waals surface area contributed by atoms with E-state index in [2.05, 4.69) is 63.8 Å². The van der Waals surface area contributed by atoms with Gasteiger partial charge in [-0.3, -0.25) is 4.90 Å². The molecule has 1 fully saturated rings. The summed E-state index contributed by atoms with van der Waals surface area (Å²) in [5.41, 5.74) is 7.91. The van der Waals surface area contributed by atoms with Crippen LogP contribution in [0.25, 0.3) is 0 Å². The van der Waals surface area contributed by atoms with E-state index < -0.39 is 0 Å². The zero-order valence-corrected chi connectivity index (χ0v) is 14.2. The summed E-state index contributed by atoms with van der Waals surface area (Å²) < 4.78 is 4.37. The van der Waals surface area contributed by atoms with Gasteiger partial charge in [-0.05, 0) is 37.6 Å². The van der Waals surface area contributed by atoms with Crippen molar-refractivity contribution < 1.29 is 4.57 Å². The molecule has 1 aliphatic rings. The largest absolute Gasteiger partial charge is 0.399 e. The Morgan fingerprint density at radius 3 is 2.61 bits per heavy atom. The molecule has 1 atom stereocenters. The summed E-state index contributed by atoms with van der Waals surface area (Å²) in [6, 6.07) is 8.80. The van der Waals surface area contributed by atoms with Gasteiger partial charge in [-0.25, -0.2) is 9.13 Å². The lowest BCUT2D eigenvalue weighted by atomic mass is 10.2. The van der Waals surface area contributed by atoms with Gasteiger partial charge in [0.1, 0.15) is 18.9 Å². The topological polar surface area (TPSA) is 41.3 Å². The van der Waals surface area contributed by atoms with Crippen molar-refractivity contribution in [2.24, 2.45) is 7.05 Å². The van der Waals surface area contributed by atoms with Gasteiger partial charge in [0.2, 0.25) is 6.33 Å². The number of imidazole rings is 1. The number of hydrogen-bond acceptors (Lipinski definition) is 3. The number of hydrogen-bond donors (Lipinski definition) is 1. The van der Waals surface area contributed by atoms with Crippen LogP contribution in [-0.4, -0.2) is 41.7 Å². The molecule has 2 aromatic rings. The fourth-order valence-electron chi connectivity index (χ4n) is 3.35. The highest BCUT2D eigenvalue weighted by atomic mass is 15.2. The summed E-state index contributed by atoms with van der Waals surface area (Å²) in [6.07, 6.45) is 7.59. The van der Waals surface area contributed by atoms with Gasteiger partial charge >= 0.3 is 0 Å². The molecule has 0 amide bonds. The summed E-state index contributed by atoms with van der Waals surface area (Å²) in [7, 11) is 2.07. The number of benzene rings is 1. The molecule has 1 unspecified atom stereocenters. The third kappa shape index (κ3) is 4.05. The normalized spacial score (nSPS) is 17.9. The second-order valence-electron chi connectivity index (χ2n) is 6.59. The zero-order valence-electron chi connectivity index (χ0n) is 14.2. The average Bonchev–Trinajstić information content (AvgIpc) is 2.80. The first kappa shape index (κ1) is 15.9. The highest BCUT2D eigenvalue weighted by Crippen LogP contribution is 2.19. The van der Waals surface area contributed by atoms with Crippen LogP contribution in [0.5, 0.6) is 0 Å². The fourth-order valence-corrected chi connectivity index (χ4v) is 3.35. The Labute approximate surface area is 138 Å². The maximum Gasteiger partial charge on any atom is 0.243 e. The third-order valence-electron chi connectivity index (χ3n) is 4.71. The smallest absolute Gasteiger partial charge is 0.243 e. The average molecular weight is 314 g/mol. The second kappa shape index (κ2) is 7.04. The Morgan fingerprint density at radius 1 is 1.13 bits per heavy atom. The van der Waals surface area contributed by atoms with E-state index in [1.807, 2.05) is 12.1 Å². The van der Waals surface area contributed by atoms with Crippen molar-refractivity contribution in [3.8, 4) is 0 Å². The molecular weight excluding hydrogens is 286 g/mol. The first-order valence-corrected chi connectivity index (χ1v) is 8.47. The molecule has 2 heterocycles. The van der Waals surface area contributed by atoms with Gasteiger partial charge in [0, 0.05) is 43.6 Å². The number of nitrogens with two attached hydrogens (primary N) is 1. The standard InChI is InChI=1S/C18H28N5/c1-16(14-21-11-10-20(2)15-21)22-8-3-9-23(13-12-22)18-6-4-17(19)5-7-18/h4-7,10-11,15-16H,3,8-9,12-14,19H2,1-2H3/q+1.